The van der Waals surface area contributed by atoms with Crippen molar-refractivity contribution in [2.45, 2.75) is 17.8 Å². The van der Waals surface area contributed by atoms with Gasteiger partial charge in [0.25, 0.3) is 0 Å². The van der Waals surface area contributed by atoms with E-state index >= 15 is 0 Å². The molecule has 1 aromatic heterocycles. The summed E-state index contributed by atoms with van der Waals surface area (Å²) < 4.78 is 0. The largest absolute Gasteiger partial charge is 0.289 e. The maximum atomic E-state index is 14.8. The van der Waals surface area contributed by atoms with E-state index in [0.717, 1.165) is 39.1 Å². The summed E-state index contributed by atoms with van der Waals surface area (Å²) in [4.78, 5) is 20.0. The number of rotatable bonds is 7. The second-order valence-corrected chi connectivity index (χ2v) is 15.8. The zero-order chi connectivity index (χ0) is 39.6. The third-order valence-corrected chi connectivity index (χ3v) is 12.7. The van der Waals surface area contributed by atoms with E-state index in [-0.39, 0.29) is 5.78 Å². The predicted octanol–water partition coefficient (Wildman–Crippen LogP) is 13.0. The summed E-state index contributed by atoms with van der Waals surface area (Å²) in [7, 11) is 0. The van der Waals surface area contributed by atoms with Crippen LogP contribution >= 0.6 is 0 Å². The van der Waals surface area contributed by atoms with Crippen LogP contribution in [0.2, 0.25) is 0 Å². The molecule has 0 saturated heterocycles. The molecule has 0 bridgehead atoms. The van der Waals surface area contributed by atoms with E-state index in [1.165, 1.54) is 44.5 Å². The molecule has 0 spiro atoms. The molecule has 59 heavy (non-hydrogen) atoms. The quantitative estimate of drug-likeness (QED) is 0.152. The molecule has 278 valence electrons. The van der Waals surface area contributed by atoms with Gasteiger partial charge in [0.2, 0.25) is 0 Å². The first-order valence-electron chi connectivity index (χ1n) is 20.3. The molecular weight excluding hydrogens is 715 g/mol. The van der Waals surface area contributed by atoms with E-state index in [9.17, 15) is 4.79 Å². The summed E-state index contributed by atoms with van der Waals surface area (Å²) in [5.74, 6) is -0.00147. The maximum absolute atomic E-state index is 14.8. The van der Waals surface area contributed by atoms with E-state index in [4.69, 9.17) is 4.98 Å². The van der Waals surface area contributed by atoms with Crippen molar-refractivity contribution in [2.24, 2.45) is 0 Å². The molecule has 0 amide bonds. The first-order chi connectivity index (χ1) is 29.1. The molecule has 0 aliphatic heterocycles. The molecule has 0 unspecified atom stereocenters. The second-order valence-electron chi connectivity index (χ2n) is 15.8. The van der Waals surface area contributed by atoms with Crippen LogP contribution in [-0.2, 0) is 10.8 Å². The smallest absolute Gasteiger partial charge is 0.193 e. The van der Waals surface area contributed by atoms with Gasteiger partial charge in [-0.2, -0.15) is 0 Å². The summed E-state index contributed by atoms with van der Waals surface area (Å²) in [6, 6.07) is 75.3. The van der Waals surface area contributed by atoms with Crippen molar-refractivity contribution in [3.8, 4) is 33.4 Å². The fourth-order valence-electron chi connectivity index (χ4n) is 10.3. The monoisotopic (exact) mass is 753 g/mol. The fraction of sp³-hybridized carbons (Fsp3) is 0.0526. The number of benzene rings is 8. The number of pyridine rings is 1. The molecule has 0 atom stereocenters. The normalized spacial score (nSPS) is 13.8. The van der Waals surface area contributed by atoms with Crippen molar-refractivity contribution in [1.29, 1.82) is 0 Å². The van der Waals surface area contributed by atoms with Gasteiger partial charge in [0.1, 0.15) is 0 Å². The van der Waals surface area contributed by atoms with E-state index in [0.29, 0.717) is 11.1 Å². The first-order valence-corrected chi connectivity index (χ1v) is 20.3. The molecule has 0 fully saturated rings. The molecular formula is C57H39NO. The van der Waals surface area contributed by atoms with Gasteiger partial charge in [-0.3, -0.25) is 9.78 Å². The van der Waals surface area contributed by atoms with Crippen LogP contribution in [0.4, 0.5) is 0 Å². The van der Waals surface area contributed by atoms with Crippen LogP contribution in [0.25, 0.3) is 33.4 Å². The van der Waals surface area contributed by atoms with Crippen LogP contribution in [0.15, 0.2) is 219 Å². The van der Waals surface area contributed by atoms with Gasteiger partial charge < -0.3 is 0 Å². The second kappa shape index (κ2) is 13.6. The number of hydrogen-bond acceptors (Lipinski definition) is 2. The number of fused-ring (bicyclic) bond motifs is 6. The Morgan fingerprint density at radius 1 is 0.407 bits per heavy atom. The van der Waals surface area contributed by atoms with E-state index in [2.05, 4.69) is 171 Å². The third-order valence-electron chi connectivity index (χ3n) is 12.7. The van der Waals surface area contributed by atoms with Gasteiger partial charge in [-0.15, -0.1) is 0 Å². The molecule has 2 heteroatoms. The van der Waals surface area contributed by atoms with Gasteiger partial charge in [0.15, 0.2) is 5.78 Å². The number of carbonyl (C=O) groups is 1. The zero-order valence-electron chi connectivity index (χ0n) is 32.6. The number of aromatic nitrogens is 1. The van der Waals surface area contributed by atoms with Gasteiger partial charge in [0, 0.05) is 17.3 Å². The predicted molar refractivity (Wildman–Crippen MR) is 239 cm³/mol. The maximum Gasteiger partial charge on any atom is 0.193 e. The molecule has 2 aliphatic rings. The topological polar surface area (TPSA) is 30.0 Å². The van der Waals surface area contributed by atoms with Crippen molar-refractivity contribution in [1.82, 2.24) is 4.98 Å². The molecule has 2 nitrogen and oxygen atoms in total. The van der Waals surface area contributed by atoms with E-state index in [1.807, 2.05) is 54.7 Å². The molecule has 0 radical (unpaired) electrons. The Balaban J connectivity index is 1.19. The standard InChI is InChI=1S/C57H39NO/c1-38-33-34-58-54(35-38)57(52-31-13-9-26-47(52)48-27-10-14-32-53(48)57)43-22-16-21-42(37-43)56(50-29-11-7-24-45(50)46-25-8-12-30-51(46)56)41-20-15-19-40(36-41)55(59)49-28-6-5-23-44(49)39-17-3-2-4-18-39/h2-37H,1H3. The highest BCUT2D eigenvalue weighted by atomic mass is 16.1. The Bertz CT molecular complexity index is 3010. The van der Waals surface area contributed by atoms with E-state index in [1.54, 1.807) is 0 Å². The first kappa shape index (κ1) is 34.8. The van der Waals surface area contributed by atoms with Crippen molar-refractivity contribution in [2.75, 3.05) is 0 Å². The van der Waals surface area contributed by atoms with E-state index < -0.39 is 10.8 Å². The summed E-state index contributed by atoms with van der Waals surface area (Å²) in [6.45, 7) is 2.15. The lowest BCUT2D eigenvalue weighted by molar-refractivity contribution is 0.103. The highest BCUT2D eigenvalue weighted by molar-refractivity contribution is 6.13. The summed E-state index contributed by atoms with van der Waals surface area (Å²) >= 11 is 0. The molecule has 2 aliphatic carbocycles. The Morgan fingerprint density at radius 2 is 0.864 bits per heavy atom. The van der Waals surface area contributed by atoms with Gasteiger partial charge >= 0.3 is 0 Å². The molecule has 11 rings (SSSR count). The van der Waals surface area contributed by atoms with Crippen LogP contribution in [0.5, 0.6) is 0 Å². The van der Waals surface area contributed by atoms with Crippen molar-refractivity contribution in [3.63, 3.8) is 0 Å². The lowest BCUT2D eigenvalue weighted by Gasteiger charge is -2.37. The number of ketones is 1. The van der Waals surface area contributed by atoms with Crippen LogP contribution in [0.1, 0.15) is 66.1 Å². The molecule has 0 N–H and O–H groups in total. The van der Waals surface area contributed by atoms with Crippen LogP contribution in [-0.4, -0.2) is 10.8 Å². The fourth-order valence-corrected chi connectivity index (χ4v) is 10.3. The zero-order valence-corrected chi connectivity index (χ0v) is 32.6. The number of carbonyl (C=O) groups excluding carboxylic acids is 1. The van der Waals surface area contributed by atoms with Crippen molar-refractivity contribution >= 4 is 5.78 Å². The van der Waals surface area contributed by atoms with Crippen LogP contribution in [0, 0.1) is 6.92 Å². The highest BCUT2D eigenvalue weighted by Crippen LogP contribution is 2.59. The number of aryl methyl sites for hydroxylation is 1. The van der Waals surface area contributed by atoms with Crippen LogP contribution < -0.4 is 0 Å². The van der Waals surface area contributed by atoms with Crippen molar-refractivity contribution < 1.29 is 4.79 Å². The lowest BCUT2D eigenvalue weighted by atomic mass is 9.64. The number of hydrogen-bond donors (Lipinski definition) is 0. The third kappa shape index (κ3) is 5.06. The van der Waals surface area contributed by atoms with Crippen LogP contribution in [0.3, 0.4) is 0 Å². The lowest BCUT2D eigenvalue weighted by Crippen LogP contribution is -2.32. The average Bonchev–Trinajstić information content (AvgIpc) is 3.78. The highest BCUT2D eigenvalue weighted by Gasteiger charge is 2.50. The number of nitrogens with zero attached hydrogens (tertiary/aromatic N) is 1. The van der Waals surface area contributed by atoms with Gasteiger partial charge in [0.05, 0.1) is 16.5 Å². The van der Waals surface area contributed by atoms with Gasteiger partial charge in [-0.25, -0.2) is 0 Å². The Kier molecular flexibility index (Phi) is 8.03. The summed E-state index contributed by atoms with van der Waals surface area (Å²) in [6.07, 6.45) is 1.95. The average molecular weight is 754 g/mol. The summed E-state index contributed by atoms with van der Waals surface area (Å²) in [5, 5.41) is 0. The molecule has 0 saturated carbocycles. The Hall–Kier alpha value is -7.42. The summed E-state index contributed by atoms with van der Waals surface area (Å²) in [5.41, 5.74) is 17.1. The minimum atomic E-state index is -0.739. The van der Waals surface area contributed by atoms with Crippen molar-refractivity contribution in [3.05, 3.63) is 280 Å². The minimum Gasteiger partial charge on any atom is -0.289 e. The SMILES string of the molecule is Cc1ccnc(C2(c3cccc(C4(c5cccc(C(=O)c6ccccc6-c6ccccc6)c5)c5ccccc5-c5ccccc54)c3)c3ccccc3-c3ccccc32)c1. The molecule has 9 aromatic rings. The molecule has 1 heterocycles. The Labute approximate surface area is 345 Å². The van der Waals surface area contributed by atoms with Gasteiger partial charge in [-0.1, -0.05) is 194 Å². The van der Waals surface area contributed by atoms with Gasteiger partial charge in [-0.05, 0) is 103 Å². The molecule has 8 aromatic carbocycles. The minimum absolute atomic E-state index is 0.00147. The Morgan fingerprint density at radius 3 is 1.44 bits per heavy atom.